The monoisotopic (exact) mass is 508 g/mol. The van der Waals surface area contributed by atoms with Crippen molar-refractivity contribution in [2.24, 2.45) is 0 Å². The molecule has 33 heavy (non-hydrogen) atoms. The van der Waals surface area contributed by atoms with E-state index in [1.807, 2.05) is 79.7 Å². The quantitative estimate of drug-likeness (QED) is 0.396. The summed E-state index contributed by atoms with van der Waals surface area (Å²) >= 11 is 3.50. The number of ether oxygens (including phenoxy) is 1. The number of carbonyl (C=O) groups excluding carboxylic acids is 2. The standard InChI is InChI=1S/C27H29BrN2O3/c1-2-16-29-27(32)25(18-21-10-5-3-6-11-21)30(19-22-12-9-13-23(28)17-22)26(31)20-33-24-14-7-4-8-15-24/h3-15,17,25H,2,16,18-20H2,1H3,(H,29,32)/t25-/m0/s1. The molecule has 0 saturated carbocycles. The number of para-hydroxylation sites is 1. The van der Waals surface area contributed by atoms with E-state index < -0.39 is 6.04 Å². The van der Waals surface area contributed by atoms with Crippen LogP contribution in [-0.2, 0) is 22.6 Å². The Bertz CT molecular complexity index is 1030. The Morgan fingerprint density at radius 1 is 0.939 bits per heavy atom. The normalized spacial score (nSPS) is 11.5. The minimum absolute atomic E-state index is 0.148. The molecule has 0 spiro atoms. The average molecular weight is 509 g/mol. The maximum atomic E-state index is 13.4. The van der Waals surface area contributed by atoms with E-state index in [1.54, 1.807) is 17.0 Å². The molecule has 0 aliphatic heterocycles. The van der Waals surface area contributed by atoms with Gasteiger partial charge in [-0.1, -0.05) is 83.5 Å². The van der Waals surface area contributed by atoms with E-state index in [9.17, 15) is 9.59 Å². The number of halogens is 1. The third-order valence-electron chi connectivity index (χ3n) is 5.17. The first-order valence-corrected chi connectivity index (χ1v) is 11.9. The average Bonchev–Trinajstić information content (AvgIpc) is 2.84. The second-order valence-corrected chi connectivity index (χ2v) is 8.67. The topological polar surface area (TPSA) is 58.6 Å². The summed E-state index contributed by atoms with van der Waals surface area (Å²) in [5.41, 5.74) is 1.92. The number of rotatable bonds is 11. The summed E-state index contributed by atoms with van der Waals surface area (Å²) in [6.45, 7) is 2.71. The molecular weight excluding hydrogens is 480 g/mol. The molecule has 3 aromatic rings. The lowest BCUT2D eigenvalue weighted by atomic mass is 10.0. The Kier molecular flexibility index (Phi) is 9.51. The SMILES string of the molecule is CCCNC(=O)[C@H](Cc1ccccc1)N(Cc1cccc(Br)c1)C(=O)COc1ccccc1. The molecular formula is C27H29BrN2O3. The lowest BCUT2D eigenvalue weighted by Gasteiger charge is -2.31. The number of nitrogens with one attached hydrogen (secondary N) is 1. The summed E-state index contributed by atoms with van der Waals surface area (Å²) in [6.07, 6.45) is 1.24. The van der Waals surface area contributed by atoms with Crippen molar-refractivity contribution in [2.75, 3.05) is 13.2 Å². The molecule has 0 fully saturated rings. The minimum atomic E-state index is -0.662. The van der Waals surface area contributed by atoms with Crippen LogP contribution in [0.4, 0.5) is 0 Å². The van der Waals surface area contributed by atoms with Crippen LogP contribution in [0.1, 0.15) is 24.5 Å². The second-order valence-electron chi connectivity index (χ2n) is 7.75. The lowest BCUT2D eigenvalue weighted by Crippen LogP contribution is -2.51. The van der Waals surface area contributed by atoms with E-state index in [-0.39, 0.29) is 18.4 Å². The zero-order valence-corrected chi connectivity index (χ0v) is 20.3. The second kappa shape index (κ2) is 12.8. The van der Waals surface area contributed by atoms with E-state index in [0.717, 1.165) is 22.0 Å². The van der Waals surface area contributed by atoms with Crippen LogP contribution < -0.4 is 10.1 Å². The van der Waals surface area contributed by atoms with E-state index >= 15 is 0 Å². The van der Waals surface area contributed by atoms with Gasteiger partial charge in [-0.25, -0.2) is 0 Å². The largest absolute Gasteiger partial charge is 0.484 e. The summed E-state index contributed by atoms with van der Waals surface area (Å²) in [6, 6.07) is 26.1. The highest BCUT2D eigenvalue weighted by molar-refractivity contribution is 9.10. The van der Waals surface area contributed by atoms with Gasteiger partial charge in [-0.2, -0.15) is 0 Å². The van der Waals surface area contributed by atoms with Gasteiger partial charge in [0.1, 0.15) is 11.8 Å². The van der Waals surface area contributed by atoms with Crippen molar-refractivity contribution in [3.05, 3.63) is 101 Å². The van der Waals surface area contributed by atoms with Crippen molar-refractivity contribution in [1.29, 1.82) is 0 Å². The van der Waals surface area contributed by atoms with Crippen molar-refractivity contribution in [2.45, 2.75) is 32.4 Å². The number of hydrogen-bond donors (Lipinski definition) is 1. The van der Waals surface area contributed by atoms with E-state index in [4.69, 9.17) is 4.74 Å². The first kappa shape index (κ1) is 24.5. The summed E-state index contributed by atoms with van der Waals surface area (Å²) < 4.78 is 6.66. The fraction of sp³-hybridized carbons (Fsp3) is 0.259. The van der Waals surface area contributed by atoms with Crippen LogP contribution in [0.15, 0.2) is 89.4 Å². The van der Waals surface area contributed by atoms with Crippen LogP contribution in [0.25, 0.3) is 0 Å². The van der Waals surface area contributed by atoms with Gasteiger partial charge in [-0.05, 0) is 41.8 Å². The molecule has 3 aromatic carbocycles. The number of carbonyl (C=O) groups is 2. The van der Waals surface area contributed by atoms with Gasteiger partial charge in [-0.15, -0.1) is 0 Å². The highest BCUT2D eigenvalue weighted by Crippen LogP contribution is 2.18. The molecule has 1 atom stereocenters. The van der Waals surface area contributed by atoms with Crippen LogP contribution in [0, 0.1) is 0 Å². The Morgan fingerprint density at radius 2 is 1.61 bits per heavy atom. The summed E-state index contributed by atoms with van der Waals surface area (Å²) in [4.78, 5) is 28.3. The van der Waals surface area contributed by atoms with Crippen molar-refractivity contribution < 1.29 is 14.3 Å². The maximum Gasteiger partial charge on any atom is 0.261 e. The van der Waals surface area contributed by atoms with Crippen LogP contribution in [0.5, 0.6) is 5.75 Å². The van der Waals surface area contributed by atoms with Crippen LogP contribution in [0.3, 0.4) is 0 Å². The molecule has 0 unspecified atom stereocenters. The predicted molar refractivity (Wildman–Crippen MR) is 134 cm³/mol. The number of amides is 2. The van der Waals surface area contributed by atoms with Gasteiger partial charge in [0, 0.05) is 24.0 Å². The Labute approximate surface area is 203 Å². The van der Waals surface area contributed by atoms with Gasteiger partial charge in [-0.3, -0.25) is 9.59 Å². The molecule has 0 saturated heterocycles. The van der Waals surface area contributed by atoms with E-state index in [2.05, 4.69) is 21.2 Å². The van der Waals surface area contributed by atoms with Gasteiger partial charge in [0.25, 0.3) is 5.91 Å². The maximum absolute atomic E-state index is 13.4. The summed E-state index contributed by atoms with van der Waals surface area (Å²) in [5, 5.41) is 2.98. The van der Waals surface area contributed by atoms with Gasteiger partial charge in [0.2, 0.25) is 5.91 Å². The Balaban J connectivity index is 1.88. The van der Waals surface area contributed by atoms with Crippen LogP contribution in [-0.4, -0.2) is 35.9 Å². The fourth-order valence-electron chi connectivity index (χ4n) is 3.50. The number of nitrogens with zero attached hydrogens (tertiary/aromatic N) is 1. The third kappa shape index (κ3) is 7.75. The minimum Gasteiger partial charge on any atom is -0.484 e. The van der Waals surface area contributed by atoms with Crippen molar-refractivity contribution in [3.8, 4) is 5.75 Å². The van der Waals surface area contributed by atoms with Crippen LogP contribution in [0.2, 0.25) is 0 Å². The van der Waals surface area contributed by atoms with Crippen molar-refractivity contribution >= 4 is 27.7 Å². The molecule has 1 N–H and O–H groups in total. The molecule has 0 heterocycles. The lowest BCUT2D eigenvalue weighted by molar-refractivity contribution is -0.142. The molecule has 0 bridgehead atoms. The van der Waals surface area contributed by atoms with Crippen molar-refractivity contribution in [1.82, 2.24) is 10.2 Å². The number of hydrogen-bond acceptors (Lipinski definition) is 3. The molecule has 172 valence electrons. The van der Waals surface area contributed by atoms with Gasteiger partial charge >= 0.3 is 0 Å². The van der Waals surface area contributed by atoms with Gasteiger partial charge in [0.15, 0.2) is 6.61 Å². The Hall–Kier alpha value is -3.12. The smallest absolute Gasteiger partial charge is 0.261 e. The predicted octanol–water partition coefficient (Wildman–Crippen LogP) is 4.99. The molecule has 2 amide bonds. The highest BCUT2D eigenvalue weighted by Gasteiger charge is 2.30. The van der Waals surface area contributed by atoms with Gasteiger partial charge < -0.3 is 15.0 Å². The first-order chi connectivity index (χ1) is 16.1. The molecule has 3 rings (SSSR count). The molecule has 0 aliphatic carbocycles. The van der Waals surface area contributed by atoms with E-state index in [0.29, 0.717) is 25.3 Å². The van der Waals surface area contributed by atoms with Crippen LogP contribution >= 0.6 is 15.9 Å². The fourth-order valence-corrected chi connectivity index (χ4v) is 3.94. The van der Waals surface area contributed by atoms with Gasteiger partial charge in [0.05, 0.1) is 0 Å². The number of benzene rings is 3. The molecule has 6 heteroatoms. The molecule has 0 radical (unpaired) electrons. The molecule has 5 nitrogen and oxygen atoms in total. The first-order valence-electron chi connectivity index (χ1n) is 11.1. The van der Waals surface area contributed by atoms with E-state index in [1.165, 1.54) is 0 Å². The molecule has 0 aromatic heterocycles. The highest BCUT2D eigenvalue weighted by atomic mass is 79.9. The summed E-state index contributed by atoms with van der Waals surface area (Å²) in [5.74, 6) is 0.207. The zero-order valence-electron chi connectivity index (χ0n) is 18.7. The third-order valence-corrected chi connectivity index (χ3v) is 5.66. The Morgan fingerprint density at radius 3 is 2.27 bits per heavy atom. The summed E-state index contributed by atoms with van der Waals surface area (Å²) in [7, 11) is 0. The van der Waals surface area contributed by atoms with Crippen molar-refractivity contribution in [3.63, 3.8) is 0 Å². The zero-order chi connectivity index (χ0) is 23.5. The molecule has 0 aliphatic rings.